The average molecular weight is 305 g/mol. The lowest BCUT2D eigenvalue weighted by Crippen LogP contribution is -2.37. The summed E-state index contributed by atoms with van der Waals surface area (Å²) < 4.78 is 26.6. The molecule has 7 heteroatoms. The van der Waals surface area contributed by atoms with Crippen LogP contribution in [0.5, 0.6) is 0 Å². The highest BCUT2D eigenvalue weighted by molar-refractivity contribution is 7.89. The molecule has 106 valence electrons. The lowest BCUT2D eigenvalue weighted by Gasteiger charge is -2.23. The molecule has 1 fully saturated rings. The van der Waals surface area contributed by atoms with E-state index in [-0.39, 0.29) is 23.2 Å². The molecule has 1 saturated heterocycles. The lowest BCUT2D eigenvalue weighted by molar-refractivity contribution is 0.213. The molecule has 1 aliphatic rings. The molecule has 0 amide bonds. The number of nitrogens with two attached hydrogens (primary N) is 1. The SMILES string of the molecule is Cc1cc(Cl)c(N)cc1S(=O)(=O)N1CCC[C@H]1CO. The van der Waals surface area contributed by atoms with Gasteiger partial charge >= 0.3 is 0 Å². The molecule has 0 aromatic heterocycles. The van der Waals surface area contributed by atoms with Gasteiger partial charge in [-0.15, -0.1) is 0 Å². The molecule has 3 N–H and O–H groups in total. The second-order valence-corrected chi connectivity index (χ2v) is 7.00. The molecule has 0 unspecified atom stereocenters. The van der Waals surface area contributed by atoms with Gasteiger partial charge in [0.25, 0.3) is 0 Å². The first kappa shape index (κ1) is 14.6. The summed E-state index contributed by atoms with van der Waals surface area (Å²) in [4.78, 5) is 0.162. The molecular formula is C12H17ClN2O3S. The molecule has 1 aromatic rings. The molecule has 0 aliphatic carbocycles. The maximum absolute atomic E-state index is 12.6. The lowest BCUT2D eigenvalue weighted by atomic mass is 10.2. The fourth-order valence-electron chi connectivity index (χ4n) is 2.38. The number of benzene rings is 1. The highest BCUT2D eigenvalue weighted by atomic mass is 35.5. The Kier molecular flexibility index (Phi) is 4.06. The van der Waals surface area contributed by atoms with Crippen LogP contribution in [-0.2, 0) is 10.0 Å². The number of aryl methyl sites for hydroxylation is 1. The zero-order chi connectivity index (χ0) is 14.2. The van der Waals surface area contributed by atoms with Crippen molar-refractivity contribution in [1.29, 1.82) is 0 Å². The fraction of sp³-hybridized carbons (Fsp3) is 0.500. The van der Waals surface area contributed by atoms with Crippen LogP contribution < -0.4 is 5.73 Å². The van der Waals surface area contributed by atoms with Crippen LogP contribution in [0.1, 0.15) is 18.4 Å². The second-order valence-electron chi connectivity index (χ2n) is 4.73. The standard InChI is InChI=1S/C12H17ClN2O3S/c1-8-5-10(13)11(14)6-12(8)19(17,18)15-4-2-3-9(15)7-16/h5-6,9,16H,2-4,7,14H2,1H3/t9-/m0/s1. The zero-order valence-electron chi connectivity index (χ0n) is 10.6. The number of aliphatic hydroxyl groups excluding tert-OH is 1. The first-order valence-electron chi connectivity index (χ1n) is 6.06. The van der Waals surface area contributed by atoms with Gasteiger partial charge in [0.1, 0.15) is 0 Å². The number of nitrogens with zero attached hydrogens (tertiary/aromatic N) is 1. The number of nitrogen functional groups attached to an aromatic ring is 1. The molecular weight excluding hydrogens is 288 g/mol. The minimum absolute atomic E-state index is 0.162. The maximum Gasteiger partial charge on any atom is 0.243 e. The molecule has 0 spiro atoms. The summed E-state index contributed by atoms with van der Waals surface area (Å²) in [7, 11) is -3.64. The van der Waals surface area contributed by atoms with E-state index in [2.05, 4.69) is 0 Å². The molecule has 19 heavy (non-hydrogen) atoms. The van der Waals surface area contributed by atoms with Gasteiger partial charge in [0.05, 0.1) is 22.2 Å². The Bertz CT molecular complexity index is 589. The van der Waals surface area contributed by atoms with Crippen LogP contribution in [0.25, 0.3) is 0 Å². The number of hydrogen-bond acceptors (Lipinski definition) is 4. The molecule has 0 bridgehead atoms. The highest BCUT2D eigenvalue weighted by Gasteiger charge is 2.35. The van der Waals surface area contributed by atoms with E-state index in [1.54, 1.807) is 13.0 Å². The van der Waals surface area contributed by atoms with Crippen LogP contribution in [0.2, 0.25) is 5.02 Å². The number of rotatable bonds is 3. The second kappa shape index (κ2) is 5.28. The van der Waals surface area contributed by atoms with Gasteiger partial charge in [0.15, 0.2) is 0 Å². The van der Waals surface area contributed by atoms with Crippen molar-refractivity contribution in [3.05, 3.63) is 22.7 Å². The minimum atomic E-state index is -3.64. The van der Waals surface area contributed by atoms with Gasteiger partial charge in [0, 0.05) is 12.6 Å². The molecule has 0 saturated carbocycles. The van der Waals surface area contributed by atoms with E-state index in [0.29, 0.717) is 23.6 Å². The summed E-state index contributed by atoms with van der Waals surface area (Å²) in [6.45, 7) is 1.94. The van der Waals surface area contributed by atoms with Gasteiger partial charge in [-0.1, -0.05) is 11.6 Å². The number of halogens is 1. The smallest absolute Gasteiger partial charge is 0.243 e. The van der Waals surface area contributed by atoms with Crippen molar-refractivity contribution in [2.24, 2.45) is 0 Å². The van der Waals surface area contributed by atoms with Gasteiger partial charge in [-0.05, 0) is 37.5 Å². The van der Waals surface area contributed by atoms with Crippen molar-refractivity contribution in [3.63, 3.8) is 0 Å². The Labute approximate surface area is 118 Å². The summed E-state index contributed by atoms with van der Waals surface area (Å²) in [5, 5.41) is 9.61. The predicted octanol–water partition coefficient (Wildman–Crippen LogP) is 1.38. The molecule has 1 atom stereocenters. The topological polar surface area (TPSA) is 83.6 Å². The summed E-state index contributed by atoms with van der Waals surface area (Å²) >= 11 is 5.88. The number of aliphatic hydroxyl groups is 1. The van der Waals surface area contributed by atoms with Crippen LogP contribution in [0.4, 0.5) is 5.69 Å². The van der Waals surface area contributed by atoms with Crippen LogP contribution >= 0.6 is 11.6 Å². The van der Waals surface area contributed by atoms with E-state index in [1.807, 2.05) is 0 Å². The summed E-state index contributed by atoms with van der Waals surface area (Å²) in [6.07, 6.45) is 1.43. The van der Waals surface area contributed by atoms with Crippen LogP contribution in [0.3, 0.4) is 0 Å². The van der Waals surface area contributed by atoms with E-state index < -0.39 is 10.0 Å². The number of hydrogen-bond donors (Lipinski definition) is 2. The fourth-order valence-corrected chi connectivity index (χ4v) is 4.53. The monoisotopic (exact) mass is 304 g/mol. The Morgan fingerprint density at radius 1 is 1.53 bits per heavy atom. The molecule has 5 nitrogen and oxygen atoms in total. The third-order valence-corrected chi connectivity index (χ3v) is 5.84. The van der Waals surface area contributed by atoms with Crippen molar-refractivity contribution in [2.75, 3.05) is 18.9 Å². The Morgan fingerprint density at radius 3 is 2.84 bits per heavy atom. The Hall–Kier alpha value is -0.820. The summed E-state index contributed by atoms with van der Waals surface area (Å²) in [5.74, 6) is 0. The maximum atomic E-state index is 12.6. The Morgan fingerprint density at radius 2 is 2.21 bits per heavy atom. The first-order chi connectivity index (χ1) is 8.87. The van der Waals surface area contributed by atoms with E-state index in [9.17, 15) is 13.5 Å². The normalized spacial score (nSPS) is 20.9. The van der Waals surface area contributed by atoms with Gasteiger partial charge in [-0.3, -0.25) is 0 Å². The van der Waals surface area contributed by atoms with E-state index in [0.717, 1.165) is 6.42 Å². The highest BCUT2D eigenvalue weighted by Crippen LogP contribution is 2.31. The van der Waals surface area contributed by atoms with Crippen molar-refractivity contribution >= 4 is 27.3 Å². The van der Waals surface area contributed by atoms with Crippen LogP contribution in [0, 0.1) is 6.92 Å². The van der Waals surface area contributed by atoms with E-state index >= 15 is 0 Å². The van der Waals surface area contributed by atoms with Crippen LogP contribution in [0.15, 0.2) is 17.0 Å². The van der Waals surface area contributed by atoms with Gasteiger partial charge in [-0.25, -0.2) is 8.42 Å². The largest absolute Gasteiger partial charge is 0.397 e. The summed E-state index contributed by atoms with van der Waals surface area (Å²) in [6, 6.07) is 2.59. The molecule has 1 heterocycles. The third-order valence-electron chi connectivity index (χ3n) is 3.41. The van der Waals surface area contributed by atoms with E-state index in [4.69, 9.17) is 17.3 Å². The molecule has 1 aliphatic heterocycles. The molecule has 0 radical (unpaired) electrons. The van der Waals surface area contributed by atoms with E-state index in [1.165, 1.54) is 10.4 Å². The average Bonchev–Trinajstić information content (AvgIpc) is 2.82. The predicted molar refractivity (Wildman–Crippen MR) is 74.6 cm³/mol. The zero-order valence-corrected chi connectivity index (χ0v) is 12.2. The summed E-state index contributed by atoms with van der Waals surface area (Å²) in [5.41, 5.74) is 6.49. The van der Waals surface area contributed by atoms with Crippen LogP contribution in [-0.4, -0.2) is 37.0 Å². The molecule has 2 rings (SSSR count). The van der Waals surface area contributed by atoms with Gasteiger partial charge < -0.3 is 10.8 Å². The van der Waals surface area contributed by atoms with Crippen molar-refractivity contribution < 1.29 is 13.5 Å². The minimum Gasteiger partial charge on any atom is -0.397 e. The quantitative estimate of drug-likeness (QED) is 0.826. The van der Waals surface area contributed by atoms with Gasteiger partial charge in [-0.2, -0.15) is 4.31 Å². The number of sulfonamides is 1. The van der Waals surface area contributed by atoms with Crippen molar-refractivity contribution in [3.8, 4) is 0 Å². The van der Waals surface area contributed by atoms with Crippen molar-refractivity contribution in [1.82, 2.24) is 4.31 Å². The first-order valence-corrected chi connectivity index (χ1v) is 7.88. The molecule has 1 aromatic carbocycles. The van der Waals surface area contributed by atoms with Gasteiger partial charge in [0.2, 0.25) is 10.0 Å². The Balaban J connectivity index is 2.48. The van der Waals surface area contributed by atoms with Crippen molar-refractivity contribution in [2.45, 2.75) is 30.7 Å². The third kappa shape index (κ3) is 2.58. The number of anilines is 1.